The van der Waals surface area contributed by atoms with Crippen molar-refractivity contribution in [2.75, 3.05) is 5.73 Å². The maximum Gasteiger partial charge on any atom is 0.283 e. The molecule has 0 radical (unpaired) electrons. The molecule has 2 aromatic rings. The van der Waals surface area contributed by atoms with Crippen LogP contribution >= 0.6 is 23.4 Å². The Hall–Kier alpha value is -1.72. The van der Waals surface area contributed by atoms with Crippen molar-refractivity contribution < 1.29 is 4.92 Å². The molecule has 2 N–H and O–H groups in total. The number of hydrogen-bond donors (Lipinski definition) is 1. The van der Waals surface area contributed by atoms with Gasteiger partial charge in [-0.25, -0.2) is 0 Å². The van der Waals surface area contributed by atoms with Crippen LogP contribution in [0.3, 0.4) is 0 Å². The van der Waals surface area contributed by atoms with Crippen LogP contribution in [-0.2, 0) is 0 Å². The number of nitrogen functional groups attached to an aromatic ring is 1. The Balaban J connectivity index is 2.40. The standard InChI is InChI=1S/C12H9ClN2O2S/c13-8-4-3-7-11(12(8)14)18-10-6-2-1-5-9(10)15(16)17/h1-7H,14H2. The minimum atomic E-state index is -0.414. The monoisotopic (exact) mass is 280 g/mol. The lowest BCUT2D eigenvalue weighted by Crippen LogP contribution is -1.92. The molecule has 2 rings (SSSR count). The van der Waals surface area contributed by atoms with Crippen LogP contribution in [0.1, 0.15) is 0 Å². The van der Waals surface area contributed by atoms with Crippen LogP contribution in [0, 0.1) is 10.1 Å². The Morgan fingerprint density at radius 1 is 1.11 bits per heavy atom. The van der Waals surface area contributed by atoms with Gasteiger partial charge < -0.3 is 5.73 Å². The third-order valence-electron chi connectivity index (χ3n) is 2.29. The van der Waals surface area contributed by atoms with E-state index < -0.39 is 4.92 Å². The third kappa shape index (κ3) is 2.57. The Bertz CT molecular complexity index is 604. The molecule has 2 aromatic carbocycles. The highest BCUT2D eigenvalue weighted by Crippen LogP contribution is 2.39. The maximum atomic E-state index is 10.9. The van der Waals surface area contributed by atoms with Crippen LogP contribution in [0.25, 0.3) is 0 Å². The van der Waals surface area contributed by atoms with Gasteiger partial charge in [0.2, 0.25) is 0 Å². The van der Waals surface area contributed by atoms with Gasteiger partial charge in [0.1, 0.15) is 0 Å². The first kappa shape index (κ1) is 12.7. The zero-order valence-electron chi connectivity index (χ0n) is 9.17. The average Bonchev–Trinajstić information content (AvgIpc) is 2.35. The molecule has 0 aromatic heterocycles. The SMILES string of the molecule is Nc1c(Cl)cccc1Sc1ccccc1[N+](=O)[O-]. The molecule has 0 unspecified atom stereocenters. The topological polar surface area (TPSA) is 69.2 Å². The first-order valence-electron chi connectivity index (χ1n) is 5.05. The molecular weight excluding hydrogens is 272 g/mol. The number of rotatable bonds is 3. The number of halogens is 1. The summed E-state index contributed by atoms with van der Waals surface area (Å²) in [6.45, 7) is 0. The van der Waals surface area contributed by atoms with Crippen molar-refractivity contribution in [1.82, 2.24) is 0 Å². The lowest BCUT2D eigenvalue weighted by Gasteiger charge is -2.06. The van der Waals surface area contributed by atoms with Crippen LogP contribution in [-0.4, -0.2) is 4.92 Å². The van der Waals surface area contributed by atoms with Gasteiger partial charge in [0.05, 0.1) is 20.5 Å². The van der Waals surface area contributed by atoms with E-state index in [0.717, 1.165) is 0 Å². The van der Waals surface area contributed by atoms with E-state index in [1.165, 1.54) is 17.8 Å². The van der Waals surface area contributed by atoms with E-state index in [1.54, 1.807) is 36.4 Å². The van der Waals surface area contributed by atoms with Crippen LogP contribution < -0.4 is 5.73 Å². The van der Waals surface area contributed by atoms with Crippen molar-refractivity contribution in [3.05, 3.63) is 57.6 Å². The Kier molecular flexibility index (Phi) is 3.74. The molecule has 0 amide bonds. The minimum Gasteiger partial charge on any atom is -0.397 e. The first-order valence-corrected chi connectivity index (χ1v) is 6.24. The van der Waals surface area contributed by atoms with Crippen LogP contribution in [0.15, 0.2) is 52.3 Å². The van der Waals surface area contributed by atoms with E-state index >= 15 is 0 Å². The van der Waals surface area contributed by atoms with E-state index in [1.807, 2.05) is 0 Å². The normalized spacial score (nSPS) is 10.3. The maximum absolute atomic E-state index is 10.9. The fourth-order valence-corrected chi connectivity index (χ4v) is 2.65. The van der Waals surface area contributed by atoms with Gasteiger partial charge in [-0.3, -0.25) is 10.1 Å². The minimum absolute atomic E-state index is 0.0573. The van der Waals surface area contributed by atoms with Crippen molar-refractivity contribution in [1.29, 1.82) is 0 Å². The summed E-state index contributed by atoms with van der Waals surface area (Å²) in [7, 11) is 0. The van der Waals surface area contributed by atoms with Crippen LogP contribution in [0.2, 0.25) is 5.02 Å². The summed E-state index contributed by atoms with van der Waals surface area (Å²) in [5.41, 5.74) is 6.32. The lowest BCUT2D eigenvalue weighted by atomic mass is 10.3. The van der Waals surface area contributed by atoms with Gasteiger partial charge in [0.15, 0.2) is 0 Å². The molecule has 18 heavy (non-hydrogen) atoms. The molecule has 0 fully saturated rings. The van der Waals surface area contributed by atoms with Crippen molar-refractivity contribution in [3.8, 4) is 0 Å². The summed E-state index contributed by atoms with van der Waals surface area (Å²) in [5, 5.41) is 11.3. The molecule has 4 nitrogen and oxygen atoms in total. The molecule has 0 saturated heterocycles. The second kappa shape index (κ2) is 5.29. The van der Waals surface area contributed by atoms with E-state index in [2.05, 4.69) is 0 Å². The second-order valence-corrected chi connectivity index (χ2v) is 4.97. The van der Waals surface area contributed by atoms with Gasteiger partial charge in [-0.2, -0.15) is 0 Å². The van der Waals surface area contributed by atoms with Crippen LogP contribution in [0.4, 0.5) is 11.4 Å². The number of para-hydroxylation sites is 2. The van der Waals surface area contributed by atoms with Gasteiger partial charge >= 0.3 is 0 Å². The number of nitrogens with two attached hydrogens (primary N) is 1. The summed E-state index contributed by atoms with van der Waals surface area (Å²) in [6.07, 6.45) is 0. The summed E-state index contributed by atoms with van der Waals surface area (Å²) in [5.74, 6) is 0. The van der Waals surface area contributed by atoms with E-state index in [0.29, 0.717) is 20.5 Å². The summed E-state index contributed by atoms with van der Waals surface area (Å²) < 4.78 is 0. The molecule has 0 spiro atoms. The number of nitro benzene ring substituents is 1. The largest absolute Gasteiger partial charge is 0.397 e. The Morgan fingerprint density at radius 2 is 1.78 bits per heavy atom. The molecule has 92 valence electrons. The lowest BCUT2D eigenvalue weighted by molar-refractivity contribution is -0.387. The number of hydrogen-bond acceptors (Lipinski definition) is 4. The summed E-state index contributed by atoms with van der Waals surface area (Å²) >= 11 is 7.14. The zero-order valence-corrected chi connectivity index (χ0v) is 10.7. The smallest absolute Gasteiger partial charge is 0.283 e. The van der Waals surface area contributed by atoms with Crippen molar-refractivity contribution in [3.63, 3.8) is 0 Å². The van der Waals surface area contributed by atoms with Crippen LogP contribution in [0.5, 0.6) is 0 Å². The molecule has 0 saturated carbocycles. The number of benzene rings is 2. The predicted molar refractivity (Wildman–Crippen MR) is 73.1 cm³/mol. The second-order valence-electron chi connectivity index (χ2n) is 3.48. The van der Waals surface area contributed by atoms with Gasteiger partial charge in [0.25, 0.3) is 5.69 Å². The Morgan fingerprint density at radius 3 is 2.50 bits per heavy atom. The third-order valence-corrected chi connectivity index (χ3v) is 3.77. The number of nitrogens with zero attached hydrogens (tertiary/aromatic N) is 1. The molecule has 0 aliphatic heterocycles. The van der Waals surface area contributed by atoms with Crippen molar-refractivity contribution in [2.45, 2.75) is 9.79 Å². The molecule has 6 heteroatoms. The molecule has 0 atom stereocenters. The molecule has 0 aliphatic rings. The molecule has 0 aliphatic carbocycles. The Labute approximate surface area is 113 Å². The van der Waals surface area contributed by atoms with Crippen molar-refractivity contribution >= 4 is 34.7 Å². The summed E-state index contributed by atoms with van der Waals surface area (Å²) in [4.78, 5) is 11.7. The number of anilines is 1. The highest BCUT2D eigenvalue weighted by molar-refractivity contribution is 7.99. The fraction of sp³-hybridized carbons (Fsp3) is 0. The van der Waals surface area contributed by atoms with E-state index in [9.17, 15) is 10.1 Å². The van der Waals surface area contributed by atoms with E-state index in [-0.39, 0.29) is 5.69 Å². The predicted octanol–water partition coefficient (Wildman–Crippen LogP) is 3.98. The quantitative estimate of drug-likeness (QED) is 0.524. The molecular formula is C12H9ClN2O2S. The summed E-state index contributed by atoms with van der Waals surface area (Å²) in [6, 6.07) is 11.7. The highest BCUT2D eigenvalue weighted by Gasteiger charge is 2.15. The van der Waals surface area contributed by atoms with Gasteiger partial charge in [-0.1, -0.05) is 41.6 Å². The van der Waals surface area contributed by atoms with Gasteiger partial charge in [0, 0.05) is 11.0 Å². The van der Waals surface area contributed by atoms with E-state index in [4.69, 9.17) is 17.3 Å². The number of nitro groups is 1. The molecule has 0 bridgehead atoms. The highest BCUT2D eigenvalue weighted by atomic mass is 35.5. The first-order chi connectivity index (χ1) is 8.59. The average molecular weight is 281 g/mol. The van der Waals surface area contributed by atoms with Gasteiger partial charge in [-0.15, -0.1) is 0 Å². The van der Waals surface area contributed by atoms with Crippen molar-refractivity contribution in [2.24, 2.45) is 0 Å². The zero-order chi connectivity index (χ0) is 13.1. The molecule has 0 heterocycles. The fourth-order valence-electron chi connectivity index (χ4n) is 1.42. The van der Waals surface area contributed by atoms with Gasteiger partial charge in [-0.05, 0) is 18.2 Å².